The number of aromatic nitrogens is 2. The van der Waals surface area contributed by atoms with Crippen molar-refractivity contribution in [1.82, 2.24) is 20.4 Å². The maximum atomic E-state index is 12.0. The number of carbonyl (C=O) groups excluding carboxylic acids is 1. The first-order chi connectivity index (χ1) is 10.2. The number of piperidine rings is 1. The molecular formula is C13H20N4O4. The van der Waals surface area contributed by atoms with Gasteiger partial charge in [-0.05, 0) is 13.1 Å². The van der Waals surface area contributed by atoms with Crippen molar-refractivity contribution in [2.24, 2.45) is 0 Å². The first kappa shape index (κ1) is 14.3. The van der Waals surface area contributed by atoms with Gasteiger partial charge in [0.05, 0.1) is 13.2 Å². The normalized spacial score (nSPS) is 21.0. The van der Waals surface area contributed by atoms with Crippen LogP contribution < -0.4 is 5.32 Å². The smallest absolute Gasteiger partial charge is 0.410 e. The van der Waals surface area contributed by atoms with Gasteiger partial charge in [-0.25, -0.2) is 4.79 Å². The highest BCUT2D eigenvalue weighted by molar-refractivity contribution is 5.70. The molecule has 8 heteroatoms. The van der Waals surface area contributed by atoms with Crippen LogP contribution in [0.1, 0.15) is 24.6 Å². The molecule has 8 nitrogen and oxygen atoms in total. The quantitative estimate of drug-likeness (QED) is 0.837. The van der Waals surface area contributed by atoms with Gasteiger partial charge < -0.3 is 19.3 Å². The molecule has 1 N–H and O–H groups in total. The first-order valence-corrected chi connectivity index (χ1v) is 7.20. The Morgan fingerprint density at radius 2 is 2.24 bits per heavy atom. The van der Waals surface area contributed by atoms with Gasteiger partial charge in [-0.1, -0.05) is 5.16 Å². The Hall–Kier alpha value is -1.67. The van der Waals surface area contributed by atoms with Crippen molar-refractivity contribution >= 4 is 6.09 Å². The average Bonchev–Trinajstić information content (AvgIpc) is 3.03. The summed E-state index contributed by atoms with van der Waals surface area (Å²) in [6, 6.07) is 0. The molecule has 2 saturated heterocycles. The summed E-state index contributed by atoms with van der Waals surface area (Å²) in [5.74, 6) is 1.03. The Labute approximate surface area is 122 Å². The molecule has 0 aliphatic carbocycles. The van der Waals surface area contributed by atoms with E-state index in [0.717, 1.165) is 25.9 Å². The lowest BCUT2D eigenvalue weighted by molar-refractivity contribution is 0.0316. The Morgan fingerprint density at radius 3 is 3.00 bits per heavy atom. The molecule has 2 aliphatic rings. The molecule has 0 radical (unpaired) electrons. The van der Waals surface area contributed by atoms with Gasteiger partial charge in [0.1, 0.15) is 12.1 Å². The predicted octanol–water partition coefficient (Wildman–Crippen LogP) is 0.333. The highest BCUT2D eigenvalue weighted by Crippen LogP contribution is 2.31. The van der Waals surface area contributed by atoms with Crippen LogP contribution in [0.4, 0.5) is 4.79 Å². The number of rotatable bonds is 5. The van der Waals surface area contributed by atoms with Crippen molar-refractivity contribution < 1.29 is 18.8 Å². The largest absolute Gasteiger partial charge is 0.441 e. The van der Waals surface area contributed by atoms with Gasteiger partial charge >= 0.3 is 6.09 Å². The molecule has 3 rings (SSSR count). The Morgan fingerprint density at radius 1 is 1.43 bits per heavy atom. The third kappa shape index (κ3) is 3.16. The van der Waals surface area contributed by atoms with Crippen LogP contribution >= 0.6 is 0 Å². The van der Waals surface area contributed by atoms with E-state index in [1.807, 2.05) is 0 Å². The second-order valence-corrected chi connectivity index (χ2v) is 5.50. The van der Waals surface area contributed by atoms with Crippen LogP contribution in [-0.4, -0.2) is 60.1 Å². The van der Waals surface area contributed by atoms with Crippen LogP contribution in [0.25, 0.3) is 0 Å². The molecule has 2 aliphatic heterocycles. The molecule has 0 unspecified atom stereocenters. The minimum Gasteiger partial charge on any atom is -0.441 e. The minimum absolute atomic E-state index is 0.298. The number of nitrogens with zero attached hydrogens (tertiary/aromatic N) is 3. The molecule has 116 valence electrons. The summed E-state index contributed by atoms with van der Waals surface area (Å²) in [7, 11) is 1.62. The van der Waals surface area contributed by atoms with E-state index in [-0.39, 0.29) is 11.7 Å². The van der Waals surface area contributed by atoms with Gasteiger partial charge in [0, 0.05) is 26.4 Å². The number of nitrogens with one attached hydrogen (secondary N) is 1. The van der Waals surface area contributed by atoms with Crippen LogP contribution in [0.15, 0.2) is 4.52 Å². The molecule has 0 aromatic carbocycles. The van der Waals surface area contributed by atoms with Gasteiger partial charge in [-0.3, -0.25) is 4.90 Å². The number of hydrogen-bond acceptors (Lipinski definition) is 7. The fourth-order valence-corrected chi connectivity index (χ4v) is 2.77. The summed E-state index contributed by atoms with van der Waals surface area (Å²) in [6.07, 6.45) is 1.99. The zero-order valence-corrected chi connectivity index (χ0v) is 12.1. The summed E-state index contributed by atoms with van der Waals surface area (Å²) < 4.78 is 15.7. The molecule has 2 fully saturated rings. The number of carbonyl (C=O) groups is 1. The Balaban J connectivity index is 1.59. The van der Waals surface area contributed by atoms with Gasteiger partial charge in [0.2, 0.25) is 5.89 Å². The zero-order chi connectivity index (χ0) is 14.7. The van der Waals surface area contributed by atoms with Gasteiger partial charge in [-0.2, -0.15) is 4.98 Å². The molecule has 3 heterocycles. The lowest BCUT2D eigenvalue weighted by Gasteiger charge is -2.31. The third-order valence-electron chi connectivity index (χ3n) is 3.92. The van der Waals surface area contributed by atoms with Gasteiger partial charge in [0.15, 0.2) is 5.82 Å². The monoisotopic (exact) mass is 296 g/mol. The topological polar surface area (TPSA) is 89.7 Å². The van der Waals surface area contributed by atoms with E-state index >= 15 is 0 Å². The second-order valence-electron chi connectivity index (χ2n) is 5.50. The third-order valence-corrected chi connectivity index (χ3v) is 3.92. The van der Waals surface area contributed by atoms with Crippen LogP contribution in [0, 0.1) is 0 Å². The fraction of sp³-hybridized carbons (Fsp3) is 0.769. The van der Waals surface area contributed by atoms with E-state index in [2.05, 4.69) is 15.5 Å². The zero-order valence-electron chi connectivity index (χ0n) is 12.1. The summed E-state index contributed by atoms with van der Waals surface area (Å²) in [6.45, 7) is 3.18. The van der Waals surface area contributed by atoms with Gasteiger partial charge in [-0.15, -0.1) is 0 Å². The SMILES string of the molecule is COCCc1noc(CN2CC3(CCNCC3)OC2=O)n1. The van der Waals surface area contributed by atoms with E-state index in [4.69, 9.17) is 14.0 Å². The average molecular weight is 296 g/mol. The van der Waals surface area contributed by atoms with Crippen LogP contribution in [0.2, 0.25) is 0 Å². The minimum atomic E-state index is -0.346. The van der Waals surface area contributed by atoms with Crippen molar-refractivity contribution in [2.75, 3.05) is 33.4 Å². The molecule has 1 aromatic heterocycles. The van der Waals surface area contributed by atoms with Crippen molar-refractivity contribution in [3.05, 3.63) is 11.7 Å². The van der Waals surface area contributed by atoms with E-state index < -0.39 is 0 Å². The van der Waals surface area contributed by atoms with Crippen LogP contribution in [0.3, 0.4) is 0 Å². The first-order valence-electron chi connectivity index (χ1n) is 7.20. The number of ether oxygens (including phenoxy) is 2. The summed E-state index contributed by atoms with van der Waals surface area (Å²) >= 11 is 0. The molecule has 0 bridgehead atoms. The lowest BCUT2D eigenvalue weighted by atomic mass is 9.92. The molecule has 1 spiro atoms. The predicted molar refractivity (Wildman–Crippen MR) is 71.6 cm³/mol. The molecule has 21 heavy (non-hydrogen) atoms. The maximum absolute atomic E-state index is 12.0. The van der Waals surface area contributed by atoms with Crippen molar-refractivity contribution in [3.63, 3.8) is 0 Å². The lowest BCUT2D eigenvalue weighted by Crippen LogP contribution is -2.44. The summed E-state index contributed by atoms with van der Waals surface area (Å²) in [5, 5.41) is 7.15. The van der Waals surface area contributed by atoms with E-state index in [9.17, 15) is 4.79 Å². The van der Waals surface area contributed by atoms with E-state index in [0.29, 0.717) is 37.8 Å². The molecule has 1 amide bonds. The highest BCUT2D eigenvalue weighted by Gasteiger charge is 2.46. The van der Waals surface area contributed by atoms with E-state index in [1.54, 1.807) is 12.0 Å². The number of methoxy groups -OCH3 is 1. The molecular weight excluding hydrogens is 276 g/mol. The number of hydrogen-bond donors (Lipinski definition) is 1. The molecule has 0 atom stereocenters. The van der Waals surface area contributed by atoms with Crippen molar-refractivity contribution in [1.29, 1.82) is 0 Å². The van der Waals surface area contributed by atoms with Crippen molar-refractivity contribution in [2.45, 2.75) is 31.4 Å². The van der Waals surface area contributed by atoms with Crippen LogP contribution in [0.5, 0.6) is 0 Å². The maximum Gasteiger partial charge on any atom is 0.410 e. The highest BCUT2D eigenvalue weighted by atomic mass is 16.6. The Kier molecular flexibility index (Phi) is 4.07. The van der Waals surface area contributed by atoms with Gasteiger partial charge in [0.25, 0.3) is 0 Å². The second kappa shape index (κ2) is 5.98. The standard InChI is InChI=1S/C13H20N4O4/c1-19-7-2-10-15-11(21-16-10)8-17-9-13(20-12(17)18)3-5-14-6-4-13/h14H,2-9H2,1H3. The van der Waals surface area contributed by atoms with E-state index in [1.165, 1.54) is 0 Å². The number of amides is 1. The van der Waals surface area contributed by atoms with Crippen molar-refractivity contribution in [3.8, 4) is 0 Å². The van der Waals surface area contributed by atoms with Crippen LogP contribution in [-0.2, 0) is 22.4 Å². The Bertz CT molecular complexity index is 498. The summed E-state index contributed by atoms with van der Waals surface area (Å²) in [5.41, 5.74) is -0.346. The molecule has 0 saturated carbocycles. The molecule has 1 aromatic rings. The fourth-order valence-electron chi connectivity index (χ4n) is 2.77. The summed E-state index contributed by atoms with van der Waals surface area (Å²) in [4.78, 5) is 17.9.